The number of hydrogen-bond donors (Lipinski definition) is 2. The van der Waals surface area contributed by atoms with Crippen molar-refractivity contribution < 1.29 is 4.42 Å². The summed E-state index contributed by atoms with van der Waals surface area (Å²) in [5.74, 6) is 1.17. The lowest BCUT2D eigenvalue weighted by molar-refractivity contribution is 0.439. The SMILES string of the molecule is NC1=N[C@H](c2ccco2)n2c(nc(=O)c3ccccc32)N1. The van der Waals surface area contributed by atoms with Gasteiger partial charge in [0, 0.05) is 0 Å². The predicted molar refractivity (Wildman–Crippen MR) is 78.1 cm³/mol. The standard InChI is InChI=1S/C14H11N5O2/c15-13-16-11(10-6-3-7-21-10)19-9-5-2-1-4-8(9)12(20)17-14(19)18-13/h1-7,11H,(H3,15,16,17,18,20)/t11-/m0/s1. The third-order valence-electron chi connectivity index (χ3n) is 3.37. The number of guanidine groups is 1. The van der Waals surface area contributed by atoms with E-state index in [1.165, 1.54) is 0 Å². The Kier molecular flexibility index (Phi) is 2.34. The minimum Gasteiger partial charge on any atom is -0.465 e. The van der Waals surface area contributed by atoms with Crippen molar-refractivity contribution in [1.82, 2.24) is 9.55 Å². The fourth-order valence-corrected chi connectivity index (χ4v) is 2.49. The van der Waals surface area contributed by atoms with Crippen LogP contribution in [0.25, 0.3) is 10.9 Å². The summed E-state index contributed by atoms with van der Waals surface area (Å²) >= 11 is 0. The molecule has 0 spiro atoms. The molecular weight excluding hydrogens is 270 g/mol. The molecular formula is C14H11N5O2. The number of nitrogens with zero attached hydrogens (tertiary/aromatic N) is 3. The molecule has 7 nitrogen and oxygen atoms in total. The van der Waals surface area contributed by atoms with Crippen LogP contribution in [0.3, 0.4) is 0 Å². The van der Waals surface area contributed by atoms with Gasteiger partial charge < -0.3 is 10.2 Å². The highest BCUT2D eigenvalue weighted by atomic mass is 16.3. The van der Waals surface area contributed by atoms with Gasteiger partial charge in [-0.2, -0.15) is 4.98 Å². The van der Waals surface area contributed by atoms with Gasteiger partial charge in [-0.15, -0.1) is 0 Å². The Bertz CT molecular complexity index is 911. The molecule has 1 aliphatic rings. The highest BCUT2D eigenvalue weighted by Gasteiger charge is 2.26. The van der Waals surface area contributed by atoms with Gasteiger partial charge in [0.15, 0.2) is 12.1 Å². The first-order valence-electron chi connectivity index (χ1n) is 6.39. The summed E-state index contributed by atoms with van der Waals surface area (Å²) in [5, 5.41) is 3.35. The topological polar surface area (TPSA) is 98.4 Å². The molecule has 21 heavy (non-hydrogen) atoms. The molecule has 0 fully saturated rings. The molecule has 3 aromatic rings. The van der Waals surface area contributed by atoms with Gasteiger partial charge in [0.1, 0.15) is 5.76 Å². The van der Waals surface area contributed by atoms with E-state index in [0.29, 0.717) is 17.1 Å². The van der Waals surface area contributed by atoms with E-state index in [1.807, 2.05) is 18.2 Å². The summed E-state index contributed by atoms with van der Waals surface area (Å²) in [5.41, 5.74) is 6.19. The molecule has 1 aliphatic heterocycles. The average Bonchev–Trinajstić information content (AvgIpc) is 3.00. The Hall–Kier alpha value is -3.09. The van der Waals surface area contributed by atoms with Crippen LogP contribution in [0.4, 0.5) is 5.95 Å². The van der Waals surface area contributed by atoms with Gasteiger partial charge in [0.2, 0.25) is 5.95 Å². The molecule has 104 valence electrons. The Morgan fingerprint density at radius 1 is 1.24 bits per heavy atom. The first-order chi connectivity index (χ1) is 10.2. The molecule has 1 aromatic carbocycles. The molecule has 2 aromatic heterocycles. The monoisotopic (exact) mass is 281 g/mol. The van der Waals surface area contributed by atoms with Gasteiger partial charge in [-0.05, 0) is 24.3 Å². The fourth-order valence-electron chi connectivity index (χ4n) is 2.49. The number of hydrogen-bond acceptors (Lipinski definition) is 6. The normalized spacial score (nSPS) is 17.1. The second-order valence-corrected chi connectivity index (χ2v) is 4.66. The van der Waals surface area contributed by atoms with Crippen LogP contribution in [0.5, 0.6) is 0 Å². The van der Waals surface area contributed by atoms with Crippen molar-refractivity contribution in [3.63, 3.8) is 0 Å². The van der Waals surface area contributed by atoms with Crippen LogP contribution >= 0.6 is 0 Å². The number of aromatic nitrogens is 2. The molecule has 0 radical (unpaired) electrons. The molecule has 7 heteroatoms. The summed E-state index contributed by atoms with van der Waals surface area (Å²) in [4.78, 5) is 20.5. The zero-order valence-corrected chi connectivity index (χ0v) is 10.9. The van der Waals surface area contributed by atoms with Crippen LogP contribution < -0.4 is 16.6 Å². The first kappa shape index (κ1) is 11.7. The highest BCUT2D eigenvalue weighted by Crippen LogP contribution is 2.29. The molecule has 3 heterocycles. The van der Waals surface area contributed by atoms with E-state index >= 15 is 0 Å². The Morgan fingerprint density at radius 2 is 2.10 bits per heavy atom. The number of benzene rings is 1. The second kappa shape index (κ2) is 4.20. The molecule has 0 aliphatic carbocycles. The minimum absolute atomic E-state index is 0.193. The number of fused-ring (bicyclic) bond motifs is 3. The molecule has 4 rings (SSSR count). The van der Waals surface area contributed by atoms with Crippen molar-refractivity contribution in [2.24, 2.45) is 10.7 Å². The number of rotatable bonds is 1. The van der Waals surface area contributed by atoms with E-state index in [9.17, 15) is 4.79 Å². The third kappa shape index (κ3) is 1.71. The lowest BCUT2D eigenvalue weighted by Crippen LogP contribution is -2.34. The smallest absolute Gasteiger partial charge is 0.282 e. The highest BCUT2D eigenvalue weighted by molar-refractivity contribution is 5.93. The Labute approximate surface area is 118 Å². The molecule has 3 N–H and O–H groups in total. The van der Waals surface area contributed by atoms with Crippen molar-refractivity contribution in [2.45, 2.75) is 6.17 Å². The maximum atomic E-state index is 12.1. The summed E-state index contributed by atoms with van der Waals surface area (Å²) < 4.78 is 7.24. The summed E-state index contributed by atoms with van der Waals surface area (Å²) in [6.07, 6.45) is 1.08. The van der Waals surface area contributed by atoms with Crippen molar-refractivity contribution in [2.75, 3.05) is 5.32 Å². The largest absolute Gasteiger partial charge is 0.465 e. The van der Waals surface area contributed by atoms with E-state index in [4.69, 9.17) is 10.2 Å². The van der Waals surface area contributed by atoms with Gasteiger partial charge in [-0.1, -0.05) is 12.1 Å². The fraction of sp³-hybridized carbons (Fsp3) is 0.0714. The Morgan fingerprint density at radius 3 is 2.90 bits per heavy atom. The van der Waals surface area contributed by atoms with Crippen molar-refractivity contribution >= 4 is 22.8 Å². The van der Waals surface area contributed by atoms with E-state index in [-0.39, 0.29) is 11.5 Å². The maximum absolute atomic E-state index is 12.1. The molecule has 1 atom stereocenters. The summed E-state index contributed by atoms with van der Waals surface area (Å²) in [6.45, 7) is 0. The number of nitrogens with one attached hydrogen (secondary N) is 1. The number of aliphatic imine (C=N–C) groups is 1. The molecule has 0 saturated heterocycles. The molecule has 0 saturated carbocycles. The van der Waals surface area contributed by atoms with Gasteiger partial charge in [-0.25, -0.2) is 4.99 Å². The van der Waals surface area contributed by atoms with Crippen LogP contribution in [0, 0.1) is 0 Å². The number of anilines is 1. The Balaban J connectivity index is 2.08. The van der Waals surface area contributed by atoms with E-state index < -0.39 is 6.17 Å². The van der Waals surface area contributed by atoms with Crippen LogP contribution in [0.1, 0.15) is 11.9 Å². The maximum Gasteiger partial charge on any atom is 0.282 e. The van der Waals surface area contributed by atoms with Gasteiger partial charge >= 0.3 is 0 Å². The second-order valence-electron chi connectivity index (χ2n) is 4.66. The van der Waals surface area contributed by atoms with E-state index in [0.717, 1.165) is 5.52 Å². The molecule has 0 bridgehead atoms. The minimum atomic E-state index is -0.491. The van der Waals surface area contributed by atoms with Crippen LogP contribution in [-0.4, -0.2) is 15.5 Å². The van der Waals surface area contributed by atoms with Crippen molar-refractivity contribution in [3.05, 3.63) is 58.8 Å². The van der Waals surface area contributed by atoms with Gasteiger partial charge in [0.25, 0.3) is 5.56 Å². The van der Waals surface area contributed by atoms with Gasteiger partial charge in [0.05, 0.1) is 17.2 Å². The van der Waals surface area contributed by atoms with Crippen molar-refractivity contribution in [3.8, 4) is 0 Å². The summed E-state index contributed by atoms with van der Waals surface area (Å²) in [7, 11) is 0. The zero-order chi connectivity index (χ0) is 14.4. The quantitative estimate of drug-likeness (QED) is 0.700. The third-order valence-corrected chi connectivity index (χ3v) is 3.37. The number of para-hydroxylation sites is 1. The van der Waals surface area contributed by atoms with Crippen LogP contribution in [-0.2, 0) is 0 Å². The van der Waals surface area contributed by atoms with E-state index in [1.54, 1.807) is 29.0 Å². The average molecular weight is 281 g/mol. The van der Waals surface area contributed by atoms with Gasteiger partial charge in [-0.3, -0.25) is 14.7 Å². The van der Waals surface area contributed by atoms with Crippen LogP contribution in [0.2, 0.25) is 0 Å². The van der Waals surface area contributed by atoms with Crippen molar-refractivity contribution in [1.29, 1.82) is 0 Å². The molecule has 0 amide bonds. The summed E-state index contributed by atoms with van der Waals surface area (Å²) in [6, 6.07) is 10.8. The number of furan rings is 1. The lowest BCUT2D eigenvalue weighted by atomic mass is 10.2. The molecule has 0 unspecified atom stereocenters. The van der Waals surface area contributed by atoms with E-state index in [2.05, 4.69) is 15.3 Å². The first-order valence-corrected chi connectivity index (χ1v) is 6.39. The lowest BCUT2D eigenvalue weighted by Gasteiger charge is -2.25. The predicted octanol–water partition coefficient (Wildman–Crippen LogP) is 1.28. The van der Waals surface area contributed by atoms with Crippen LogP contribution in [0.15, 0.2) is 56.9 Å². The zero-order valence-electron chi connectivity index (χ0n) is 10.9. The number of nitrogens with two attached hydrogens (primary N) is 1.